The van der Waals surface area contributed by atoms with Crippen LogP contribution in [0.25, 0.3) is 11.4 Å². The Morgan fingerprint density at radius 2 is 1.96 bits per heavy atom. The average molecular weight is 395 g/mol. The van der Waals surface area contributed by atoms with Crippen molar-refractivity contribution < 1.29 is 8.42 Å². The molecular weight excluding hydrogens is 372 g/mol. The van der Waals surface area contributed by atoms with Gasteiger partial charge in [-0.15, -0.1) is 0 Å². The molecule has 1 aliphatic heterocycles. The fourth-order valence-electron chi connectivity index (χ4n) is 3.26. The maximum atomic E-state index is 11.7. The van der Waals surface area contributed by atoms with E-state index in [1.807, 2.05) is 23.0 Å². The summed E-state index contributed by atoms with van der Waals surface area (Å²) in [5, 5.41) is 4.77. The van der Waals surface area contributed by atoms with Gasteiger partial charge in [-0.3, -0.25) is 14.5 Å². The molecule has 0 spiro atoms. The third-order valence-corrected chi connectivity index (χ3v) is 6.55. The van der Waals surface area contributed by atoms with Crippen LogP contribution in [0.3, 0.4) is 0 Å². The van der Waals surface area contributed by atoms with Crippen molar-refractivity contribution in [3.63, 3.8) is 0 Å². The number of piperazine rings is 1. The fourth-order valence-corrected chi connectivity index (χ4v) is 4.42. The first-order valence-electron chi connectivity index (χ1n) is 8.71. The Bertz CT molecular complexity index is 941. The second-order valence-corrected chi connectivity index (χ2v) is 9.22. The Balaban J connectivity index is 1.56. The Morgan fingerprint density at radius 3 is 2.54 bits per heavy atom. The minimum Gasteiger partial charge on any atom is -0.297 e. The third-order valence-electron chi connectivity index (χ3n) is 4.84. The van der Waals surface area contributed by atoms with Crippen LogP contribution in [0.4, 0.5) is 0 Å². The molecule has 0 radical (unpaired) electrons. The van der Waals surface area contributed by atoms with Crippen molar-refractivity contribution in [2.75, 3.05) is 32.4 Å². The summed E-state index contributed by atoms with van der Waals surface area (Å²) in [6.45, 7) is 2.93. The lowest BCUT2D eigenvalue weighted by Crippen LogP contribution is -2.48. The van der Waals surface area contributed by atoms with Gasteiger partial charge in [0.2, 0.25) is 10.0 Å². The molecule has 1 aliphatic carbocycles. The van der Waals surface area contributed by atoms with Gasteiger partial charge in [-0.25, -0.2) is 13.1 Å². The molecule has 8 nitrogen and oxygen atoms in total. The second kappa shape index (κ2) is 6.84. The van der Waals surface area contributed by atoms with Crippen molar-refractivity contribution in [3.8, 4) is 11.4 Å². The summed E-state index contributed by atoms with van der Waals surface area (Å²) in [4.78, 5) is 6.39. The van der Waals surface area contributed by atoms with Crippen LogP contribution in [-0.2, 0) is 16.7 Å². The second-order valence-electron chi connectivity index (χ2n) is 6.87. The summed E-state index contributed by atoms with van der Waals surface area (Å²) >= 11 is 5.69. The normalized spacial score (nSPS) is 19.7. The summed E-state index contributed by atoms with van der Waals surface area (Å²) in [7, 11) is -3.12. The van der Waals surface area contributed by atoms with Crippen LogP contribution in [0, 0.1) is 4.77 Å². The number of rotatable bonds is 5. The summed E-state index contributed by atoms with van der Waals surface area (Å²) in [5.41, 5.74) is 0.964. The lowest BCUT2D eigenvalue weighted by molar-refractivity contribution is 0.145. The van der Waals surface area contributed by atoms with Gasteiger partial charge in [0.25, 0.3) is 0 Å². The van der Waals surface area contributed by atoms with Crippen molar-refractivity contribution in [3.05, 3.63) is 29.3 Å². The zero-order valence-corrected chi connectivity index (χ0v) is 16.3. The number of sulfonamides is 1. The van der Waals surface area contributed by atoms with Gasteiger partial charge in [-0.2, -0.15) is 9.40 Å². The van der Waals surface area contributed by atoms with Gasteiger partial charge in [-0.05, 0) is 37.2 Å². The molecule has 1 saturated carbocycles. The Kier molecular flexibility index (Phi) is 4.68. The van der Waals surface area contributed by atoms with E-state index >= 15 is 0 Å². The Labute approximate surface area is 158 Å². The number of hydrogen-bond acceptors (Lipinski definition) is 6. The molecule has 2 aliphatic rings. The standard InChI is InChI=1S/C16H22N6O2S2/c1-26(23,24)20-9-7-19(8-10-20)12-21-16(25)22(14-4-5-14)15(18-21)13-3-2-6-17-11-13/h2-3,6,11,14H,4-5,7-10,12H2,1H3. The highest BCUT2D eigenvalue weighted by Gasteiger charge is 2.30. The molecule has 0 amide bonds. The van der Waals surface area contributed by atoms with Gasteiger partial charge < -0.3 is 0 Å². The number of nitrogens with zero attached hydrogens (tertiary/aromatic N) is 6. The molecule has 10 heteroatoms. The average Bonchev–Trinajstić information content (AvgIpc) is 3.41. The van der Waals surface area contributed by atoms with Crippen LogP contribution in [0.2, 0.25) is 0 Å². The van der Waals surface area contributed by atoms with Gasteiger partial charge in [0.05, 0.1) is 12.9 Å². The zero-order chi connectivity index (χ0) is 18.3. The lowest BCUT2D eigenvalue weighted by Gasteiger charge is -2.32. The van der Waals surface area contributed by atoms with Crippen LogP contribution >= 0.6 is 12.2 Å². The number of pyridine rings is 1. The first-order chi connectivity index (χ1) is 12.4. The van der Waals surface area contributed by atoms with Gasteiger partial charge in [0.15, 0.2) is 10.6 Å². The Hall–Kier alpha value is -1.62. The van der Waals surface area contributed by atoms with Crippen LogP contribution in [0.5, 0.6) is 0 Å². The van der Waals surface area contributed by atoms with E-state index in [0.717, 1.165) is 29.0 Å². The van der Waals surface area contributed by atoms with Crippen molar-refractivity contribution in [1.82, 2.24) is 28.5 Å². The SMILES string of the molecule is CS(=O)(=O)N1CCN(Cn2nc(-c3cccnc3)n(C3CC3)c2=S)CC1. The molecule has 3 heterocycles. The van der Waals surface area contributed by atoms with E-state index < -0.39 is 10.0 Å². The molecule has 0 aromatic carbocycles. The molecule has 26 heavy (non-hydrogen) atoms. The minimum atomic E-state index is -3.12. The van der Waals surface area contributed by atoms with E-state index in [2.05, 4.69) is 14.5 Å². The lowest BCUT2D eigenvalue weighted by atomic mass is 10.3. The largest absolute Gasteiger partial charge is 0.297 e. The van der Waals surface area contributed by atoms with E-state index in [0.29, 0.717) is 38.9 Å². The van der Waals surface area contributed by atoms with E-state index in [9.17, 15) is 8.42 Å². The van der Waals surface area contributed by atoms with Gasteiger partial charge >= 0.3 is 0 Å². The predicted octanol–water partition coefficient (Wildman–Crippen LogP) is 1.35. The molecule has 2 aromatic rings. The van der Waals surface area contributed by atoms with Crippen LogP contribution in [0.1, 0.15) is 18.9 Å². The summed E-state index contributed by atoms with van der Waals surface area (Å²) in [6.07, 6.45) is 7.07. The Morgan fingerprint density at radius 1 is 1.23 bits per heavy atom. The highest BCUT2D eigenvalue weighted by atomic mass is 32.2. The molecule has 2 fully saturated rings. The zero-order valence-electron chi connectivity index (χ0n) is 14.7. The topological polar surface area (TPSA) is 76.3 Å². The number of hydrogen-bond donors (Lipinski definition) is 0. The maximum Gasteiger partial charge on any atom is 0.211 e. The van der Waals surface area contributed by atoms with Crippen molar-refractivity contribution in [2.45, 2.75) is 25.6 Å². The summed E-state index contributed by atoms with van der Waals surface area (Å²) in [5.74, 6) is 0.861. The van der Waals surface area contributed by atoms with Crippen LogP contribution in [0.15, 0.2) is 24.5 Å². The molecule has 0 N–H and O–H groups in total. The summed E-state index contributed by atoms with van der Waals surface area (Å²) in [6, 6.07) is 4.32. The molecule has 2 aromatic heterocycles. The van der Waals surface area contributed by atoms with Crippen molar-refractivity contribution in [1.29, 1.82) is 0 Å². The van der Waals surface area contributed by atoms with E-state index in [1.165, 1.54) is 10.6 Å². The van der Waals surface area contributed by atoms with Crippen LogP contribution in [-0.4, -0.2) is 69.4 Å². The minimum absolute atomic E-state index is 0.425. The van der Waals surface area contributed by atoms with Gasteiger partial charge in [-0.1, -0.05) is 0 Å². The fraction of sp³-hybridized carbons (Fsp3) is 0.562. The summed E-state index contributed by atoms with van der Waals surface area (Å²) < 4.78 is 29.5. The number of aromatic nitrogens is 4. The molecule has 0 unspecified atom stereocenters. The highest BCUT2D eigenvalue weighted by Crippen LogP contribution is 2.38. The maximum absolute atomic E-state index is 11.7. The van der Waals surface area contributed by atoms with E-state index in [-0.39, 0.29) is 0 Å². The van der Waals surface area contributed by atoms with E-state index in [1.54, 1.807) is 6.20 Å². The van der Waals surface area contributed by atoms with Crippen molar-refractivity contribution in [2.24, 2.45) is 0 Å². The van der Waals surface area contributed by atoms with Gasteiger partial charge in [0, 0.05) is 50.2 Å². The third kappa shape index (κ3) is 3.59. The monoisotopic (exact) mass is 394 g/mol. The molecule has 0 atom stereocenters. The quantitative estimate of drug-likeness (QED) is 0.713. The van der Waals surface area contributed by atoms with Gasteiger partial charge in [0.1, 0.15) is 0 Å². The highest BCUT2D eigenvalue weighted by molar-refractivity contribution is 7.88. The molecule has 1 saturated heterocycles. The predicted molar refractivity (Wildman–Crippen MR) is 101 cm³/mol. The van der Waals surface area contributed by atoms with Crippen LogP contribution < -0.4 is 0 Å². The molecule has 0 bridgehead atoms. The first kappa shape index (κ1) is 17.8. The van der Waals surface area contributed by atoms with Crippen molar-refractivity contribution >= 4 is 22.2 Å². The van der Waals surface area contributed by atoms with E-state index in [4.69, 9.17) is 17.3 Å². The first-order valence-corrected chi connectivity index (χ1v) is 11.0. The molecule has 140 valence electrons. The molecule has 4 rings (SSSR count). The molecular formula is C16H22N6O2S2. The smallest absolute Gasteiger partial charge is 0.211 e.